The molecular formula is C26H37N3O8. The third-order valence-electron chi connectivity index (χ3n) is 7.28. The summed E-state index contributed by atoms with van der Waals surface area (Å²) in [5, 5.41) is 22.1. The van der Waals surface area contributed by atoms with Crippen molar-refractivity contribution in [2.45, 2.75) is 88.9 Å². The fraction of sp³-hybridized carbons (Fsp3) is 0.654. The summed E-state index contributed by atoms with van der Waals surface area (Å²) in [4.78, 5) is 54.6. The molecule has 1 saturated heterocycles. The van der Waals surface area contributed by atoms with Crippen molar-refractivity contribution in [3.63, 3.8) is 0 Å². The second-order valence-electron chi connectivity index (χ2n) is 9.84. The van der Waals surface area contributed by atoms with Crippen LogP contribution in [0.4, 0.5) is 0 Å². The highest BCUT2D eigenvalue weighted by molar-refractivity contribution is 5.89. The third kappa shape index (κ3) is 8.14. The van der Waals surface area contributed by atoms with Crippen molar-refractivity contribution in [1.29, 1.82) is 0 Å². The number of rotatable bonds is 14. The van der Waals surface area contributed by atoms with Crippen molar-refractivity contribution < 1.29 is 34.2 Å². The van der Waals surface area contributed by atoms with Crippen LogP contribution in [-0.4, -0.2) is 70.3 Å². The van der Waals surface area contributed by atoms with Crippen LogP contribution in [0.5, 0.6) is 0 Å². The topological polar surface area (TPSA) is 148 Å². The number of carboxylic acids is 1. The number of ether oxygens (including phenoxy) is 1. The average molecular weight is 520 g/mol. The lowest BCUT2D eigenvalue weighted by Gasteiger charge is -2.35. The van der Waals surface area contributed by atoms with E-state index >= 15 is 0 Å². The number of nitrogens with zero attached hydrogens (tertiary/aromatic N) is 2. The zero-order valence-electron chi connectivity index (χ0n) is 21.3. The SMILES string of the molecule is CC(NC(CCc1ccccc1)C(=O)O)C(=O)N1C(C(=O)OCCCCO[N+](=O)[O-])CC2CCCCC21. The van der Waals surface area contributed by atoms with Gasteiger partial charge in [0.15, 0.2) is 0 Å². The van der Waals surface area contributed by atoms with Crippen molar-refractivity contribution in [3.8, 4) is 0 Å². The molecule has 1 aromatic carbocycles. The Morgan fingerprint density at radius 3 is 2.57 bits per heavy atom. The van der Waals surface area contributed by atoms with Gasteiger partial charge in [-0.1, -0.05) is 43.2 Å². The minimum Gasteiger partial charge on any atom is -0.480 e. The minimum atomic E-state index is -1.02. The number of amides is 1. The molecule has 3 rings (SSSR count). The van der Waals surface area contributed by atoms with Gasteiger partial charge in [0, 0.05) is 6.04 Å². The fourth-order valence-corrected chi connectivity index (χ4v) is 5.43. The zero-order chi connectivity index (χ0) is 26.8. The van der Waals surface area contributed by atoms with E-state index < -0.39 is 35.2 Å². The predicted octanol–water partition coefficient (Wildman–Crippen LogP) is 2.74. The largest absolute Gasteiger partial charge is 0.480 e. The summed E-state index contributed by atoms with van der Waals surface area (Å²) in [5.74, 6) is -1.58. The number of carbonyl (C=O) groups is 3. The third-order valence-corrected chi connectivity index (χ3v) is 7.28. The smallest absolute Gasteiger partial charge is 0.328 e. The van der Waals surface area contributed by atoms with E-state index in [1.807, 2.05) is 30.3 Å². The first-order valence-electron chi connectivity index (χ1n) is 13.1. The first kappa shape index (κ1) is 28.4. The van der Waals surface area contributed by atoms with Crippen molar-refractivity contribution in [2.24, 2.45) is 5.92 Å². The number of carbonyl (C=O) groups excluding carboxylic acids is 2. The molecule has 204 valence electrons. The van der Waals surface area contributed by atoms with E-state index in [1.54, 1.807) is 11.8 Å². The number of benzene rings is 1. The van der Waals surface area contributed by atoms with E-state index in [1.165, 1.54) is 0 Å². The molecule has 1 aliphatic heterocycles. The van der Waals surface area contributed by atoms with Gasteiger partial charge in [-0.25, -0.2) is 4.79 Å². The maximum Gasteiger partial charge on any atom is 0.328 e. The second kappa shape index (κ2) is 13.9. The maximum atomic E-state index is 13.6. The molecule has 11 heteroatoms. The molecule has 0 radical (unpaired) electrons. The number of hydrogen-bond acceptors (Lipinski definition) is 8. The van der Waals surface area contributed by atoms with Crippen molar-refractivity contribution >= 4 is 17.8 Å². The fourth-order valence-electron chi connectivity index (χ4n) is 5.43. The minimum absolute atomic E-state index is 0.0656. The number of esters is 1. The van der Waals surface area contributed by atoms with Crippen molar-refractivity contribution in [2.75, 3.05) is 13.2 Å². The summed E-state index contributed by atoms with van der Waals surface area (Å²) < 4.78 is 5.43. The molecule has 0 spiro atoms. The van der Waals surface area contributed by atoms with Gasteiger partial charge in [-0.05, 0) is 63.4 Å². The summed E-state index contributed by atoms with van der Waals surface area (Å²) in [7, 11) is 0. The Hall–Kier alpha value is -3.21. The van der Waals surface area contributed by atoms with Gasteiger partial charge in [0.05, 0.1) is 19.3 Å². The molecule has 0 bridgehead atoms. The molecule has 1 amide bonds. The number of nitrogens with one attached hydrogen (secondary N) is 1. The molecule has 1 heterocycles. The van der Waals surface area contributed by atoms with Crippen LogP contribution in [0, 0.1) is 16.0 Å². The molecule has 5 atom stereocenters. The van der Waals surface area contributed by atoms with Gasteiger partial charge >= 0.3 is 11.9 Å². The highest BCUT2D eigenvalue weighted by atomic mass is 16.9. The molecule has 2 N–H and O–H groups in total. The Kier molecular flexibility index (Phi) is 10.7. The molecule has 2 aliphatic rings. The van der Waals surface area contributed by atoms with Crippen LogP contribution < -0.4 is 5.32 Å². The quantitative estimate of drug-likeness (QED) is 0.164. The normalized spacial score (nSPS) is 22.5. The first-order chi connectivity index (χ1) is 17.8. The molecule has 11 nitrogen and oxygen atoms in total. The molecule has 1 aromatic rings. The van der Waals surface area contributed by atoms with E-state index in [2.05, 4.69) is 10.2 Å². The van der Waals surface area contributed by atoms with Gasteiger partial charge in [0.2, 0.25) is 5.91 Å². The molecule has 2 fully saturated rings. The van der Waals surface area contributed by atoms with Crippen LogP contribution in [0.2, 0.25) is 0 Å². The van der Waals surface area contributed by atoms with Crippen LogP contribution in [-0.2, 0) is 30.4 Å². The van der Waals surface area contributed by atoms with Gasteiger partial charge in [-0.2, -0.15) is 0 Å². The monoisotopic (exact) mass is 519 g/mol. The van der Waals surface area contributed by atoms with E-state index in [9.17, 15) is 29.6 Å². The maximum absolute atomic E-state index is 13.6. The second-order valence-corrected chi connectivity index (χ2v) is 9.84. The van der Waals surface area contributed by atoms with Crippen LogP contribution in [0.3, 0.4) is 0 Å². The molecular weight excluding hydrogens is 482 g/mol. The highest BCUT2D eigenvalue weighted by Crippen LogP contribution is 2.40. The van der Waals surface area contributed by atoms with Gasteiger partial charge in [0.25, 0.3) is 5.09 Å². The molecule has 5 unspecified atom stereocenters. The summed E-state index contributed by atoms with van der Waals surface area (Å²) in [6.45, 7) is 1.66. The number of aryl methyl sites for hydroxylation is 1. The number of hydrogen-bond donors (Lipinski definition) is 2. The van der Waals surface area contributed by atoms with E-state index in [-0.39, 0.29) is 31.1 Å². The highest BCUT2D eigenvalue weighted by Gasteiger charge is 2.49. The van der Waals surface area contributed by atoms with Crippen LogP contribution in [0.15, 0.2) is 30.3 Å². The summed E-state index contributed by atoms with van der Waals surface area (Å²) in [6, 6.07) is 7.10. The Balaban J connectivity index is 1.60. The molecule has 37 heavy (non-hydrogen) atoms. The number of fused-ring (bicyclic) bond motifs is 1. The lowest BCUT2D eigenvalue weighted by Crippen LogP contribution is -2.55. The van der Waals surface area contributed by atoms with Gasteiger partial charge in [-0.3, -0.25) is 14.9 Å². The first-order valence-corrected chi connectivity index (χ1v) is 13.1. The van der Waals surface area contributed by atoms with E-state index in [0.29, 0.717) is 32.1 Å². The van der Waals surface area contributed by atoms with Gasteiger partial charge in [-0.15, -0.1) is 10.1 Å². The van der Waals surface area contributed by atoms with Crippen LogP contribution in [0.1, 0.15) is 63.9 Å². The van der Waals surface area contributed by atoms with E-state index in [0.717, 1.165) is 31.2 Å². The Labute approximate surface area is 216 Å². The predicted molar refractivity (Wildman–Crippen MR) is 133 cm³/mol. The van der Waals surface area contributed by atoms with Gasteiger partial charge in [0.1, 0.15) is 12.1 Å². The standard InChI is InChI=1S/C26H37N3O8/c1-18(27-21(25(31)32)14-13-19-9-3-2-4-10-19)24(30)28-22-12-6-5-11-20(22)17-23(28)26(33)36-15-7-8-16-37-29(34)35/h2-4,9-10,18,20-23,27H,5-8,11-17H2,1H3,(H,31,32). The Bertz CT molecular complexity index is 928. The summed E-state index contributed by atoms with van der Waals surface area (Å²) >= 11 is 0. The Morgan fingerprint density at radius 1 is 1.16 bits per heavy atom. The summed E-state index contributed by atoms with van der Waals surface area (Å²) in [5.41, 5.74) is 1.02. The number of carboxylic acid groups (broad SMARTS) is 1. The lowest BCUT2D eigenvalue weighted by molar-refractivity contribution is -0.757. The Morgan fingerprint density at radius 2 is 1.86 bits per heavy atom. The number of likely N-dealkylation sites (tertiary alicyclic amines) is 1. The van der Waals surface area contributed by atoms with Gasteiger partial charge < -0.3 is 19.6 Å². The van der Waals surface area contributed by atoms with Crippen molar-refractivity contribution in [1.82, 2.24) is 10.2 Å². The van der Waals surface area contributed by atoms with Crippen LogP contribution in [0.25, 0.3) is 0 Å². The zero-order valence-corrected chi connectivity index (χ0v) is 21.3. The molecule has 1 saturated carbocycles. The number of aliphatic carboxylic acids is 1. The lowest BCUT2D eigenvalue weighted by atomic mass is 9.84. The average Bonchev–Trinajstić information content (AvgIpc) is 3.27. The molecule has 1 aliphatic carbocycles. The molecule has 0 aromatic heterocycles. The van der Waals surface area contributed by atoms with Crippen molar-refractivity contribution in [3.05, 3.63) is 46.0 Å². The summed E-state index contributed by atoms with van der Waals surface area (Å²) in [6.07, 6.45) is 5.96. The van der Waals surface area contributed by atoms with Crippen LogP contribution >= 0.6 is 0 Å². The number of unbranched alkanes of at least 4 members (excludes halogenated alkanes) is 1. The van der Waals surface area contributed by atoms with E-state index in [4.69, 9.17) is 4.74 Å².